The molecule has 0 unspecified atom stereocenters. The van der Waals surface area contributed by atoms with Gasteiger partial charge in [-0.3, -0.25) is 4.79 Å². The third-order valence-corrected chi connectivity index (χ3v) is 2.32. The van der Waals surface area contributed by atoms with E-state index >= 15 is 0 Å². The van der Waals surface area contributed by atoms with Crippen molar-refractivity contribution in [1.82, 2.24) is 4.98 Å². The number of anilines is 1. The molecule has 0 radical (unpaired) electrons. The zero-order valence-electron chi connectivity index (χ0n) is 8.22. The first-order chi connectivity index (χ1) is 6.70. The second kappa shape index (κ2) is 3.18. The molecule has 1 aromatic heterocycles. The van der Waals surface area contributed by atoms with Gasteiger partial charge in [0.25, 0.3) is 0 Å². The Morgan fingerprint density at radius 1 is 1.29 bits per heavy atom. The van der Waals surface area contributed by atoms with Gasteiger partial charge in [0.15, 0.2) is 0 Å². The van der Waals surface area contributed by atoms with Crippen molar-refractivity contribution >= 4 is 16.6 Å². The fourth-order valence-electron chi connectivity index (χ4n) is 1.59. The average molecular weight is 188 g/mol. The van der Waals surface area contributed by atoms with Crippen molar-refractivity contribution in [2.75, 3.05) is 12.4 Å². The molecule has 0 amide bonds. The number of H-pyrrole nitrogens is 1. The molecule has 1 heterocycles. The van der Waals surface area contributed by atoms with E-state index in [1.165, 1.54) is 0 Å². The van der Waals surface area contributed by atoms with Crippen LogP contribution in [0.1, 0.15) is 5.56 Å². The fourth-order valence-corrected chi connectivity index (χ4v) is 1.59. The Labute approximate surface area is 81.8 Å². The largest absolute Gasteiger partial charge is 0.388 e. The number of pyridine rings is 1. The summed E-state index contributed by atoms with van der Waals surface area (Å²) in [6.07, 6.45) is 0. The molecular formula is C11H12N2O. The van der Waals surface area contributed by atoms with Crippen molar-refractivity contribution in [1.29, 1.82) is 0 Å². The van der Waals surface area contributed by atoms with Crippen LogP contribution in [0.25, 0.3) is 10.9 Å². The first kappa shape index (κ1) is 8.81. The first-order valence-corrected chi connectivity index (χ1v) is 4.52. The number of hydrogen-bond acceptors (Lipinski definition) is 2. The number of nitrogens with one attached hydrogen (secondary N) is 2. The van der Waals surface area contributed by atoms with Gasteiger partial charge < -0.3 is 10.3 Å². The molecule has 0 atom stereocenters. The third kappa shape index (κ3) is 1.37. The number of benzene rings is 1. The van der Waals surface area contributed by atoms with E-state index in [1.807, 2.05) is 32.2 Å². The summed E-state index contributed by atoms with van der Waals surface area (Å²) < 4.78 is 0. The van der Waals surface area contributed by atoms with Crippen LogP contribution in [0.2, 0.25) is 0 Å². The minimum absolute atomic E-state index is 0.0576. The highest BCUT2D eigenvalue weighted by molar-refractivity contribution is 5.85. The van der Waals surface area contributed by atoms with Gasteiger partial charge in [0.05, 0.1) is 5.52 Å². The summed E-state index contributed by atoms with van der Waals surface area (Å²) >= 11 is 0. The zero-order valence-corrected chi connectivity index (χ0v) is 8.22. The quantitative estimate of drug-likeness (QED) is 0.717. The van der Waals surface area contributed by atoms with Crippen molar-refractivity contribution in [3.05, 3.63) is 40.2 Å². The molecule has 72 valence electrons. The van der Waals surface area contributed by atoms with E-state index in [9.17, 15) is 4.79 Å². The molecule has 0 spiro atoms. The lowest BCUT2D eigenvalue weighted by atomic mass is 10.1. The lowest BCUT2D eigenvalue weighted by Gasteiger charge is -2.05. The molecule has 0 fully saturated rings. The molecule has 0 aliphatic heterocycles. The van der Waals surface area contributed by atoms with Gasteiger partial charge in [0.2, 0.25) is 5.56 Å². The third-order valence-electron chi connectivity index (χ3n) is 2.32. The van der Waals surface area contributed by atoms with E-state index in [0.29, 0.717) is 0 Å². The van der Waals surface area contributed by atoms with Crippen LogP contribution < -0.4 is 10.9 Å². The second-order valence-corrected chi connectivity index (χ2v) is 3.33. The van der Waals surface area contributed by atoms with Crippen molar-refractivity contribution in [3.8, 4) is 0 Å². The van der Waals surface area contributed by atoms with E-state index in [-0.39, 0.29) is 5.56 Å². The van der Waals surface area contributed by atoms with Crippen LogP contribution >= 0.6 is 0 Å². The maximum absolute atomic E-state index is 11.1. The Balaban J connectivity index is 2.83. The SMILES string of the molecule is CNc1cc(C)c2[nH]c(=O)ccc2c1. The molecule has 2 aromatic rings. The molecule has 2 N–H and O–H groups in total. The Hall–Kier alpha value is -1.77. The Morgan fingerprint density at radius 3 is 2.79 bits per heavy atom. The molecule has 14 heavy (non-hydrogen) atoms. The number of rotatable bonds is 1. The Morgan fingerprint density at radius 2 is 2.07 bits per heavy atom. The normalized spacial score (nSPS) is 10.4. The van der Waals surface area contributed by atoms with Crippen molar-refractivity contribution in [2.24, 2.45) is 0 Å². The Bertz CT molecular complexity index is 528. The topological polar surface area (TPSA) is 44.9 Å². The number of fused-ring (bicyclic) bond motifs is 1. The van der Waals surface area contributed by atoms with Crippen LogP contribution in [0.15, 0.2) is 29.1 Å². The Kier molecular flexibility index (Phi) is 2.00. The highest BCUT2D eigenvalue weighted by Gasteiger charge is 2.00. The maximum Gasteiger partial charge on any atom is 0.248 e. The summed E-state index contributed by atoms with van der Waals surface area (Å²) in [5.41, 5.74) is 2.99. The molecule has 3 nitrogen and oxygen atoms in total. The minimum Gasteiger partial charge on any atom is -0.388 e. The maximum atomic E-state index is 11.1. The van der Waals surface area contributed by atoms with Crippen LogP contribution in [0.3, 0.4) is 0 Å². The van der Waals surface area contributed by atoms with Crippen molar-refractivity contribution in [2.45, 2.75) is 6.92 Å². The fraction of sp³-hybridized carbons (Fsp3) is 0.182. The van der Waals surface area contributed by atoms with Gasteiger partial charge in [-0.2, -0.15) is 0 Å². The van der Waals surface area contributed by atoms with Crippen molar-refractivity contribution in [3.63, 3.8) is 0 Å². The van der Waals surface area contributed by atoms with Crippen LogP contribution in [0, 0.1) is 6.92 Å². The molecule has 2 rings (SSSR count). The summed E-state index contributed by atoms with van der Waals surface area (Å²) in [4.78, 5) is 13.9. The molecule has 0 saturated heterocycles. The monoisotopic (exact) mass is 188 g/mol. The van der Waals surface area contributed by atoms with Crippen LogP contribution in [-0.2, 0) is 0 Å². The average Bonchev–Trinajstić information content (AvgIpc) is 2.19. The lowest BCUT2D eigenvalue weighted by molar-refractivity contribution is 1.28. The molecule has 1 aromatic carbocycles. The van der Waals surface area contributed by atoms with Crippen LogP contribution in [0.5, 0.6) is 0 Å². The van der Waals surface area contributed by atoms with Gasteiger partial charge in [-0.25, -0.2) is 0 Å². The summed E-state index contributed by atoms with van der Waals surface area (Å²) in [7, 11) is 1.88. The smallest absolute Gasteiger partial charge is 0.248 e. The summed E-state index contributed by atoms with van der Waals surface area (Å²) in [5, 5.41) is 4.13. The van der Waals surface area contributed by atoms with Gasteiger partial charge in [0, 0.05) is 24.2 Å². The molecule has 3 heteroatoms. The van der Waals surface area contributed by atoms with Gasteiger partial charge in [-0.15, -0.1) is 0 Å². The standard InChI is InChI=1S/C11H12N2O/c1-7-5-9(12-2)6-8-3-4-10(14)13-11(7)8/h3-6,12H,1-2H3,(H,13,14). The van der Waals surface area contributed by atoms with Crippen LogP contribution in [0.4, 0.5) is 5.69 Å². The number of aromatic nitrogens is 1. The van der Waals surface area contributed by atoms with E-state index in [1.54, 1.807) is 6.07 Å². The highest BCUT2D eigenvalue weighted by Crippen LogP contribution is 2.19. The molecule has 0 saturated carbocycles. The van der Waals surface area contributed by atoms with Gasteiger partial charge in [-0.05, 0) is 30.7 Å². The predicted octanol–water partition coefficient (Wildman–Crippen LogP) is 1.88. The summed E-state index contributed by atoms with van der Waals surface area (Å²) in [5.74, 6) is 0. The number of aromatic amines is 1. The van der Waals surface area contributed by atoms with Gasteiger partial charge in [0.1, 0.15) is 0 Å². The molecule has 0 bridgehead atoms. The second-order valence-electron chi connectivity index (χ2n) is 3.33. The van der Waals surface area contributed by atoms with Gasteiger partial charge in [-0.1, -0.05) is 0 Å². The molecule has 0 aliphatic rings. The van der Waals surface area contributed by atoms with E-state index in [4.69, 9.17) is 0 Å². The highest BCUT2D eigenvalue weighted by atomic mass is 16.1. The number of hydrogen-bond donors (Lipinski definition) is 2. The molecular weight excluding hydrogens is 176 g/mol. The van der Waals surface area contributed by atoms with Crippen molar-refractivity contribution < 1.29 is 0 Å². The lowest BCUT2D eigenvalue weighted by Crippen LogP contribution is -2.03. The summed E-state index contributed by atoms with van der Waals surface area (Å²) in [6, 6.07) is 7.40. The van der Waals surface area contributed by atoms with E-state index in [2.05, 4.69) is 10.3 Å². The number of aryl methyl sites for hydroxylation is 1. The minimum atomic E-state index is -0.0576. The summed E-state index contributed by atoms with van der Waals surface area (Å²) in [6.45, 7) is 1.99. The van der Waals surface area contributed by atoms with Crippen LogP contribution in [-0.4, -0.2) is 12.0 Å². The predicted molar refractivity (Wildman–Crippen MR) is 58.9 cm³/mol. The molecule has 0 aliphatic carbocycles. The van der Waals surface area contributed by atoms with Gasteiger partial charge >= 0.3 is 0 Å². The van der Waals surface area contributed by atoms with E-state index < -0.39 is 0 Å². The van der Waals surface area contributed by atoms with E-state index in [0.717, 1.165) is 22.2 Å². The zero-order chi connectivity index (χ0) is 10.1. The first-order valence-electron chi connectivity index (χ1n) is 4.52.